The molecule has 4 aromatic heterocycles. The number of fused-ring (bicyclic) bond motifs is 1. The molecule has 2 unspecified atom stereocenters. The zero-order valence-electron chi connectivity index (χ0n) is 46.2. The van der Waals surface area contributed by atoms with Crippen molar-refractivity contribution in [1.82, 2.24) is 50.9 Å². The average Bonchev–Trinajstić information content (AvgIpc) is 4.26. The maximum atomic E-state index is 14.2. The van der Waals surface area contributed by atoms with Gasteiger partial charge in [0.25, 0.3) is 11.5 Å². The molecule has 19 heteroatoms. The number of benzene rings is 2. The van der Waals surface area contributed by atoms with E-state index in [-0.39, 0.29) is 79.8 Å². The lowest BCUT2D eigenvalue weighted by atomic mass is 9.77. The molecule has 5 heterocycles. The van der Waals surface area contributed by atoms with Crippen LogP contribution >= 0.6 is 11.3 Å². The summed E-state index contributed by atoms with van der Waals surface area (Å²) >= 11 is 1.58. The van der Waals surface area contributed by atoms with Gasteiger partial charge in [-0.15, -0.1) is 11.3 Å². The number of ketones is 1. The van der Waals surface area contributed by atoms with E-state index in [1.807, 2.05) is 126 Å². The van der Waals surface area contributed by atoms with Crippen molar-refractivity contribution in [2.45, 2.75) is 125 Å². The van der Waals surface area contributed by atoms with Crippen molar-refractivity contribution in [3.8, 4) is 21.6 Å². The third-order valence-electron chi connectivity index (χ3n) is 15.1. The van der Waals surface area contributed by atoms with E-state index in [0.717, 1.165) is 87.0 Å². The van der Waals surface area contributed by atoms with E-state index in [1.54, 1.807) is 17.5 Å². The molecule has 2 fully saturated rings. The molecule has 18 nitrogen and oxygen atoms in total. The maximum absolute atomic E-state index is 14.2. The first-order valence-corrected chi connectivity index (χ1v) is 28.1. The molecule has 1 aliphatic heterocycles. The van der Waals surface area contributed by atoms with Gasteiger partial charge in [0.2, 0.25) is 17.7 Å². The number of aryl methyl sites for hydroxylation is 3. The maximum Gasteiger partial charge on any atom is 0.253 e. The van der Waals surface area contributed by atoms with Crippen molar-refractivity contribution in [3.05, 3.63) is 116 Å². The summed E-state index contributed by atoms with van der Waals surface area (Å²) in [6.45, 7) is 20.1. The van der Waals surface area contributed by atoms with Crippen molar-refractivity contribution < 1.29 is 29.1 Å². The number of amides is 4. The van der Waals surface area contributed by atoms with Crippen LogP contribution in [0.15, 0.2) is 77.3 Å². The minimum Gasteiger partial charge on any atom is -0.393 e. The van der Waals surface area contributed by atoms with Crippen LogP contribution in [0.1, 0.15) is 118 Å². The highest BCUT2D eigenvalue weighted by Crippen LogP contribution is 2.37. The molecular weight excluding hydrogens is 1010 g/mol. The first kappa shape index (κ1) is 57.1. The number of aromatic amines is 1. The summed E-state index contributed by atoms with van der Waals surface area (Å²) in [6, 6.07) is 16.9. The molecule has 8 rings (SSSR count). The topological polar surface area (TPSA) is 237 Å². The number of nitrogens with one attached hydrogen (secondary N) is 5. The second-order valence-electron chi connectivity index (χ2n) is 22.3. The van der Waals surface area contributed by atoms with Crippen molar-refractivity contribution in [2.75, 3.05) is 44.2 Å². The number of rotatable bonds is 21. The third kappa shape index (κ3) is 14.0. The van der Waals surface area contributed by atoms with Crippen molar-refractivity contribution in [1.29, 1.82) is 0 Å². The van der Waals surface area contributed by atoms with Gasteiger partial charge in [0, 0.05) is 106 Å². The van der Waals surface area contributed by atoms with Crippen LogP contribution in [0.25, 0.3) is 32.5 Å². The fourth-order valence-corrected chi connectivity index (χ4v) is 11.5. The van der Waals surface area contributed by atoms with Gasteiger partial charge in [-0.3, -0.25) is 38.3 Å². The van der Waals surface area contributed by atoms with Crippen LogP contribution in [-0.4, -0.2) is 116 Å². The lowest BCUT2D eigenvalue weighted by Crippen LogP contribution is -2.52. The number of hydrogen-bond donors (Lipinski definition) is 6. The standard InChI is InChI=1S/C59H75N11O7S/c1-35(2)70-49-27-42(26-45(48(49)33-65-70)56(75)63-32-47-36(3)25-37(4)66-58(47)77)41-17-18-50(61-31-41)69-23-21-68(22-24-69)20-19-60-51(72)11-9-10-12-52(73)67-55(59(6,7)8)53(74)44-28-43(71)29-46(44)57(76)62-30-39-13-15-40(16-14-39)54-38(5)64-34-78-54/h13-18,25-27,31,33-35,43-44,46,55,71H,9-12,19-24,28-30,32H2,1-8H3,(H,60,72)(H,62,76)(H,63,75)(H,66,77)(H,67,73)/t43-,44?,46?,55+/m0/s1. The lowest BCUT2D eigenvalue weighted by Gasteiger charge is -2.35. The number of aliphatic hydroxyl groups excluding tert-OH is 1. The van der Waals surface area contributed by atoms with Gasteiger partial charge in [0.05, 0.1) is 51.4 Å². The number of Topliss-reactive ketones (excluding diaryl/α,β-unsaturated/α-hetero) is 1. The highest BCUT2D eigenvalue weighted by molar-refractivity contribution is 7.13. The molecule has 0 bridgehead atoms. The summed E-state index contributed by atoms with van der Waals surface area (Å²) in [5.74, 6) is -1.83. The predicted molar refractivity (Wildman–Crippen MR) is 304 cm³/mol. The number of H-pyrrole nitrogens is 1. The molecular formula is C59H75N11O7S. The second-order valence-corrected chi connectivity index (χ2v) is 23.2. The molecule has 1 aliphatic carbocycles. The molecule has 6 N–H and O–H groups in total. The fourth-order valence-electron chi connectivity index (χ4n) is 10.7. The molecule has 78 heavy (non-hydrogen) atoms. The van der Waals surface area contributed by atoms with E-state index in [1.165, 1.54) is 0 Å². The molecule has 2 aromatic carbocycles. The summed E-state index contributed by atoms with van der Waals surface area (Å²) < 4.78 is 1.90. The first-order chi connectivity index (χ1) is 37.2. The Kier molecular flexibility index (Phi) is 18.4. The molecule has 414 valence electrons. The van der Waals surface area contributed by atoms with Crippen molar-refractivity contribution in [2.24, 2.45) is 17.3 Å². The van der Waals surface area contributed by atoms with Crippen LogP contribution in [0.5, 0.6) is 0 Å². The van der Waals surface area contributed by atoms with Crippen LogP contribution < -0.4 is 31.7 Å². The number of nitrogens with zero attached hydrogens (tertiary/aromatic N) is 6. The molecule has 0 spiro atoms. The fraction of sp³-hybridized carbons (Fsp3) is 0.475. The van der Waals surface area contributed by atoms with E-state index in [9.17, 15) is 33.9 Å². The minimum atomic E-state index is -0.860. The zero-order valence-corrected chi connectivity index (χ0v) is 47.0. The van der Waals surface area contributed by atoms with Crippen LogP contribution in [0.4, 0.5) is 5.82 Å². The molecule has 1 saturated carbocycles. The molecule has 2 aliphatic rings. The number of unbranched alkanes of at least 4 members (excludes halogenated alkanes) is 1. The smallest absolute Gasteiger partial charge is 0.253 e. The van der Waals surface area contributed by atoms with E-state index < -0.39 is 29.4 Å². The Hall–Kier alpha value is -7.09. The molecule has 4 atom stereocenters. The Morgan fingerprint density at radius 1 is 0.808 bits per heavy atom. The van der Waals surface area contributed by atoms with Gasteiger partial charge in [0.1, 0.15) is 5.82 Å². The van der Waals surface area contributed by atoms with Gasteiger partial charge in [0.15, 0.2) is 5.78 Å². The van der Waals surface area contributed by atoms with Crippen LogP contribution in [0.3, 0.4) is 0 Å². The monoisotopic (exact) mass is 1080 g/mol. The summed E-state index contributed by atoms with van der Waals surface area (Å²) in [5, 5.41) is 27.9. The van der Waals surface area contributed by atoms with Crippen LogP contribution in [0.2, 0.25) is 0 Å². The number of thiazole rings is 1. The number of carbonyl (C=O) groups is 5. The van der Waals surface area contributed by atoms with E-state index >= 15 is 0 Å². The Labute approximate surface area is 460 Å². The highest BCUT2D eigenvalue weighted by Gasteiger charge is 2.46. The number of carbonyl (C=O) groups excluding carboxylic acids is 5. The quantitative estimate of drug-likeness (QED) is 0.0402. The predicted octanol–water partition coefficient (Wildman–Crippen LogP) is 6.95. The van der Waals surface area contributed by atoms with E-state index in [4.69, 9.17) is 4.98 Å². The zero-order chi connectivity index (χ0) is 55.8. The van der Waals surface area contributed by atoms with Crippen LogP contribution in [-0.2, 0) is 32.3 Å². The Balaban J connectivity index is 0.750. The van der Waals surface area contributed by atoms with Gasteiger partial charge in [-0.2, -0.15) is 5.10 Å². The second kappa shape index (κ2) is 25.1. The van der Waals surface area contributed by atoms with Gasteiger partial charge < -0.3 is 36.3 Å². The minimum absolute atomic E-state index is 0.0603. The lowest BCUT2D eigenvalue weighted by molar-refractivity contribution is -0.137. The van der Waals surface area contributed by atoms with Gasteiger partial charge >= 0.3 is 0 Å². The summed E-state index contributed by atoms with van der Waals surface area (Å²) in [4.78, 5) is 97.9. The molecule has 6 aromatic rings. The van der Waals surface area contributed by atoms with Crippen molar-refractivity contribution >= 4 is 57.5 Å². The molecule has 1 saturated heterocycles. The van der Waals surface area contributed by atoms with E-state index in [0.29, 0.717) is 37.1 Å². The van der Waals surface area contributed by atoms with E-state index in [2.05, 4.69) is 46.1 Å². The summed E-state index contributed by atoms with van der Waals surface area (Å²) in [7, 11) is 0. The van der Waals surface area contributed by atoms with Gasteiger partial charge in [-0.1, -0.05) is 45.0 Å². The number of aliphatic hydroxyl groups is 1. The Morgan fingerprint density at radius 3 is 2.17 bits per heavy atom. The van der Waals surface area contributed by atoms with Crippen molar-refractivity contribution in [3.63, 3.8) is 0 Å². The number of aromatic nitrogens is 5. The molecule has 4 amide bonds. The molecule has 0 radical (unpaired) electrons. The van der Waals surface area contributed by atoms with Crippen LogP contribution in [0, 0.1) is 38.0 Å². The SMILES string of the molecule is Cc1cc(C)c(CNC(=O)c2cc(-c3ccc(N4CCN(CCNC(=O)CCCCC(=O)N[C@H](C(=O)C5C[C@H](O)CC5C(=O)NCc5ccc(-c6scnc6C)cc5)C(C)(C)C)CC4)nc3)cc3c2cnn3C(C)C)c(=O)[nH]1. The number of hydrogen-bond acceptors (Lipinski definition) is 13. The largest absolute Gasteiger partial charge is 0.393 e. The number of piperazine rings is 1. The van der Waals surface area contributed by atoms with Gasteiger partial charge in [-0.25, -0.2) is 9.97 Å². The van der Waals surface area contributed by atoms with Gasteiger partial charge in [-0.05, 0) is 118 Å². The first-order valence-electron chi connectivity index (χ1n) is 27.2. The summed E-state index contributed by atoms with van der Waals surface area (Å²) in [5.41, 5.74) is 8.95. The number of pyridine rings is 2. The third-order valence-corrected chi connectivity index (χ3v) is 16.1. The highest BCUT2D eigenvalue weighted by atomic mass is 32.1. The summed E-state index contributed by atoms with van der Waals surface area (Å²) in [6.07, 6.45) is 4.47. The Morgan fingerprint density at radius 2 is 1.51 bits per heavy atom. The normalized spacial score (nSPS) is 17.3. The number of anilines is 1. The average molecular weight is 1080 g/mol. The Bertz CT molecular complexity index is 3170.